The molecule has 0 spiro atoms. The normalized spacial score (nSPS) is 16.3. The fourth-order valence-electron chi connectivity index (χ4n) is 3.76. The van der Waals surface area contributed by atoms with E-state index in [1.165, 1.54) is 37.0 Å². The first kappa shape index (κ1) is 19.2. The molecule has 0 radical (unpaired) electrons. The van der Waals surface area contributed by atoms with Gasteiger partial charge in [0.15, 0.2) is 0 Å². The van der Waals surface area contributed by atoms with Crippen LogP contribution in [0.5, 0.6) is 0 Å². The second kappa shape index (κ2) is 8.82. The summed E-state index contributed by atoms with van der Waals surface area (Å²) in [5.41, 5.74) is 0. The lowest BCUT2D eigenvalue weighted by Gasteiger charge is -2.29. The van der Waals surface area contributed by atoms with Crippen molar-refractivity contribution in [3.05, 3.63) is 60.7 Å². The zero-order valence-electron chi connectivity index (χ0n) is 16.0. The zero-order valence-corrected chi connectivity index (χ0v) is 18.0. The first-order valence-electron chi connectivity index (χ1n) is 9.65. The van der Waals surface area contributed by atoms with Gasteiger partial charge >= 0.3 is 0 Å². The van der Waals surface area contributed by atoms with E-state index in [4.69, 9.17) is 0 Å². The maximum absolute atomic E-state index is 2.58. The van der Waals surface area contributed by atoms with Gasteiger partial charge in [-0.1, -0.05) is 135 Å². The molecule has 0 aliphatic rings. The first-order valence-corrected chi connectivity index (χ1v) is 15.5. The summed E-state index contributed by atoms with van der Waals surface area (Å²) in [6, 6.07) is 28.2. The van der Waals surface area contributed by atoms with E-state index < -0.39 is 16.1 Å². The van der Waals surface area contributed by atoms with Crippen LogP contribution in [0.1, 0.15) is 26.7 Å². The zero-order chi connectivity index (χ0) is 17.5. The summed E-state index contributed by atoms with van der Waals surface area (Å²) in [5.74, 6) is 0. The van der Waals surface area contributed by atoms with E-state index in [-0.39, 0.29) is 0 Å². The van der Waals surface area contributed by atoms with Crippen LogP contribution in [0.25, 0.3) is 0 Å². The van der Waals surface area contributed by atoms with E-state index >= 15 is 0 Å². The van der Waals surface area contributed by atoms with Crippen molar-refractivity contribution in [2.75, 3.05) is 0 Å². The van der Waals surface area contributed by atoms with Gasteiger partial charge in [-0.05, 0) is 0 Å². The lowest BCUT2D eigenvalue weighted by Crippen LogP contribution is -2.45. The molecule has 0 saturated heterocycles. The van der Waals surface area contributed by atoms with Crippen LogP contribution in [0.4, 0.5) is 0 Å². The smallest absolute Gasteiger partial charge is 0.0675 e. The van der Waals surface area contributed by atoms with Crippen LogP contribution in [0.2, 0.25) is 37.3 Å². The van der Waals surface area contributed by atoms with Crippen molar-refractivity contribution in [2.24, 2.45) is 0 Å². The lowest BCUT2D eigenvalue weighted by molar-refractivity contribution is 0.850. The molecule has 0 saturated carbocycles. The van der Waals surface area contributed by atoms with Gasteiger partial charge in [0, 0.05) is 0 Å². The average molecular weight is 355 g/mol. The molecule has 0 heterocycles. The SMILES string of the molecule is CC[Si](C)(CCCC[Si](C)(CC)c1ccccc1)c1ccccc1. The number of hydrogen-bond acceptors (Lipinski definition) is 0. The molecule has 0 bridgehead atoms. The highest BCUT2D eigenvalue weighted by atomic mass is 28.3. The fourth-order valence-corrected chi connectivity index (χ4v) is 9.92. The van der Waals surface area contributed by atoms with Crippen LogP contribution in [0, 0.1) is 0 Å². The molecular weight excluding hydrogens is 320 g/mol. The minimum absolute atomic E-state index is 1.27. The van der Waals surface area contributed by atoms with Gasteiger partial charge in [0.05, 0.1) is 16.1 Å². The van der Waals surface area contributed by atoms with Gasteiger partial charge in [-0.3, -0.25) is 0 Å². The highest BCUT2D eigenvalue weighted by Crippen LogP contribution is 2.23. The largest absolute Gasteiger partial charge is 0.0834 e. The molecule has 2 unspecified atom stereocenters. The summed E-state index contributed by atoms with van der Waals surface area (Å²) in [7, 11) is -2.54. The third-order valence-corrected chi connectivity index (χ3v) is 15.7. The minimum atomic E-state index is -1.27. The number of hydrogen-bond donors (Lipinski definition) is 0. The van der Waals surface area contributed by atoms with Gasteiger partial charge in [0.1, 0.15) is 0 Å². The van der Waals surface area contributed by atoms with E-state index in [1.54, 1.807) is 10.4 Å². The summed E-state index contributed by atoms with van der Waals surface area (Å²) in [6.07, 6.45) is 2.81. The van der Waals surface area contributed by atoms with Gasteiger partial charge in [-0.2, -0.15) is 0 Å². The minimum Gasteiger partial charge on any atom is -0.0675 e. The van der Waals surface area contributed by atoms with E-state index in [2.05, 4.69) is 87.6 Å². The third kappa shape index (κ3) is 4.70. The number of benzene rings is 2. The highest BCUT2D eigenvalue weighted by Gasteiger charge is 2.29. The molecule has 2 aromatic rings. The molecule has 2 rings (SSSR count). The van der Waals surface area contributed by atoms with Crippen LogP contribution in [-0.4, -0.2) is 16.1 Å². The maximum Gasteiger partial charge on any atom is 0.0834 e. The molecule has 0 aliphatic carbocycles. The second-order valence-corrected chi connectivity index (χ2v) is 17.6. The summed E-state index contributed by atoms with van der Waals surface area (Å²) in [5, 5.41) is 3.29. The molecule has 2 atom stereocenters. The van der Waals surface area contributed by atoms with Gasteiger partial charge in [0.25, 0.3) is 0 Å². The van der Waals surface area contributed by atoms with Crippen molar-refractivity contribution in [3.63, 3.8) is 0 Å². The van der Waals surface area contributed by atoms with Crippen LogP contribution < -0.4 is 10.4 Å². The molecule has 0 N–H and O–H groups in total. The molecule has 0 fully saturated rings. The van der Waals surface area contributed by atoms with Gasteiger partial charge in [-0.15, -0.1) is 0 Å². The predicted octanol–water partition coefficient (Wildman–Crippen LogP) is 5.78. The summed E-state index contributed by atoms with van der Waals surface area (Å²) < 4.78 is 0. The van der Waals surface area contributed by atoms with Gasteiger partial charge < -0.3 is 0 Å². The van der Waals surface area contributed by atoms with Crippen LogP contribution >= 0.6 is 0 Å². The molecule has 2 heteroatoms. The van der Waals surface area contributed by atoms with Crippen molar-refractivity contribution < 1.29 is 0 Å². The van der Waals surface area contributed by atoms with Crippen molar-refractivity contribution >= 4 is 26.5 Å². The molecule has 0 amide bonds. The second-order valence-electron chi connectivity index (χ2n) is 7.77. The monoisotopic (exact) mass is 354 g/mol. The van der Waals surface area contributed by atoms with Crippen molar-refractivity contribution in [3.8, 4) is 0 Å². The molecule has 24 heavy (non-hydrogen) atoms. The van der Waals surface area contributed by atoms with Gasteiger partial charge in [0.2, 0.25) is 0 Å². The molecule has 0 nitrogen and oxygen atoms in total. The van der Waals surface area contributed by atoms with Crippen LogP contribution in [0.3, 0.4) is 0 Å². The molecule has 2 aromatic carbocycles. The fraction of sp³-hybridized carbons (Fsp3) is 0.455. The maximum atomic E-state index is 2.58. The Hall–Kier alpha value is -1.13. The first-order chi connectivity index (χ1) is 11.5. The standard InChI is InChI=1S/C22H34Si2/c1-5-23(3,21-15-9-7-10-16-21)19-13-14-20-24(4,6-2)22-17-11-8-12-18-22/h7-12,15-18H,5-6,13-14,19-20H2,1-4H3. The number of rotatable bonds is 9. The Bertz CT molecular complexity index is 540. The lowest BCUT2D eigenvalue weighted by atomic mass is 10.4. The average Bonchev–Trinajstić information content (AvgIpc) is 2.66. The quantitative estimate of drug-likeness (QED) is 0.395. The highest BCUT2D eigenvalue weighted by molar-refractivity contribution is 6.91. The Kier molecular flexibility index (Phi) is 7.06. The Balaban J connectivity index is 1.93. The van der Waals surface area contributed by atoms with E-state index in [0.717, 1.165) is 0 Å². The summed E-state index contributed by atoms with van der Waals surface area (Å²) >= 11 is 0. The Morgan fingerprint density at radius 1 is 0.583 bits per heavy atom. The third-order valence-electron chi connectivity index (χ3n) is 6.21. The molecule has 0 aliphatic heterocycles. The predicted molar refractivity (Wildman–Crippen MR) is 115 cm³/mol. The topological polar surface area (TPSA) is 0 Å². The van der Waals surface area contributed by atoms with E-state index in [1.807, 2.05) is 0 Å². The Morgan fingerprint density at radius 2 is 0.917 bits per heavy atom. The van der Waals surface area contributed by atoms with Crippen molar-refractivity contribution in [2.45, 2.75) is 64.0 Å². The van der Waals surface area contributed by atoms with Crippen LogP contribution in [-0.2, 0) is 0 Å². The van der Waals surface area contributed by atoms with Crippen molar-refractivity contribution in [1.29, 1.82) is 0 Å². The number of unbranched alkanes of at least 4 members (excludes halogenated alkanes) is 1. The summed E-state index contributed by atoms with van der Waals surface area (Å²) in [4.78, 5) is 0. The van der Waals surface area contributed by atoms with E-state index in [0.29, 0.717) is 0 Å². The molecule has 0 aromatic heterocycles. The summed E-state index contributed by atoms with van der Waals surface area (Å²) in [6.45, 7) is 9.95. The Labute approximate surface area is 151 Å². The molecule has 130 valence electrons. The Morgan fingerprint density at radius 3 is 1.21 bits per heavy atom. The van der Waals surface area contributed by atoms with Gasteiger partial charge in [-0.25, -0.2) is 0 Å². The van der Waals surface area contributed by atoms with E-state index in [9.17, 15) is 0 Å². The van der Waals surface area contributed by atoms with Crippen molar-refractivity contribution in [1.82, 2.24) is 0 Å². The van der Waals surface area contributed by atoms with Crippen LogP contribution in [0.15, 0.2) is 60.7 Å². The molecular formula is C22H34Si2.